The Morgan fingerprint density at radius 2 is 2.25 bits per heavy atom. The van der Waals surface area contributed by atoms with Gasteiger partial charge in [-0.15, -0.1) is 0 Å². The van der Waals surface area contributed by atoms with Gasteiger partial charge in [0.2, 0.25) is 0 Å². The molecule has 2 N–H and O–H groups in total. The first-order chi connectivity index (χ1) is 7.72. The minimum absolute atomic E-state index is 0.354. The van der Waals surface area contributed by atoms with Crippen LogP contribution in [-0.4, -0.2) is 37.0 Å². The van der Waals surface area contributed by atoms with Crippen LogP contribution in [0, 0.1) is 5.92 Å². The monoisotopic (exact) mass is 229 g/mol. The molecule has 16 heavy (non-hydrogen) atoms. The van der Waals surface area contributed by atoms with Gasteiger partial charge in [-0.05, 0) is 31.6 Å². The van der Waals surface area contributed by atoms with Crippen LogP contribution in [0.25, 0.3) is 0 Å². The van der Waals surface area contributed by atoms with Crippen molar-refractivity contribution in [2.24, 2.45) is 5.92 Å². The molecule has 1 aliphatic carbocycles. The van der Waals surface area contributed by atoms with E-state index in [1.807, 2.05) is 0 Å². The molecule has 0 saturated heterocycles. The molecule has 0 radical (unpaired) electrons. The van der Waals surface area contributed by atoms with Gasteiger partial charge in [-0.1, -0.05) is 20.3 Å². The van der Waals surface area contributed by atoms with Crippen LogP contribution in [0.1, 0.15) is 46.0 Å². The molecule has 3 nitrogen and oxygen atoms in total. The van der Waals surface area contributed by atoms with Crippen LogP contribution in [0.5, 0.6) is 0 Å². The van der Waals surface area contributed by atoms with Crippen molar-refractivity contribution < 1.29 is 9.84 Å². The van der Waals surface area contributed by atoms with E-state index in [1.165, 1.54) is 19.3 Å². The molecule has 3 atom stereocenters. The first-order valence-electron chi connectivity index (χ1n) is 6.71. The standard InChI is InChI=1S/C13H27NO2/c1-3-4-7-16-10-13(15)9-14-12-6-5-11(2)8-12/h11-15H,3-10H2,1-2H3. The summed E-state index contributed by atoms with van der Waals surface area (Å²) in [5, 5.41) is 13.1. The summed E-state index contributed by atoms with van der Waals surface area (Å²) in [6.45, 7) is 6.35. The highest BCUT2D eigenvalue weighted by Gasteiger charge is 2.21. The van der Waals surface area contributed by atoms with Gasteiger partial charge in [0.25, 0.3) is 0 Å². The lowest BCUT2D eigenvalue weighted by atomic mass is 10.1. The second-order valence-electron chi connectivity index (χ2n) is 5.11. The molecule has 0 bridgehead atoms. The van der Waals surface area contributed by atoms with E-state index in [-0.39, 0.29) is 6.10 Å². The number of unbranched alkanes of at least 4 members (excludes halogenated alkanes) is 1. The summed E-state index contributed by atoms with van der Waals surface area (Å²) in [5.74, 6) is 0.843. The molecule has 1 aliphatic rings. The minimum atomic E-state index is -0.354. The third-order valence-corrected chi connectivity index (χ3v) is 3.29. The molecule has 3 unspecified atom stereocenters. The number of hydrogen-bond donors (Lipinski definition) is 2. The number of aliphatic hydroxyl groups is 1. The van der Waals surface area contributed by atoms with E-state index in [0.29, 0.717) is 19.2 Å². The Morgan fingerprint density at radius 1 is 1.44 bits per heavy atom. The molecule has 1 saturated carbocycles. The zero-order chi connectivity index (χ0) is 11.8. The number of ether oxygens (including phenoxy) is 1. The Labute approximate surface area is 99.6 Å². The Kier molecular flexibility index (Phi) is 7.01. The van der Waals surface area contributed by atoms with Crippen LogP contribution in [0.15, 0.2) is 0 Å². The summed E-state index contributed by atoms with van der Waals surface area (Å²) in [6.07, 6.45) is 5.70. The Bertz CT molecular complexity index is 175. The number of nitrogens with one attached hydrogen (secondary N) is 1. The average molecular weight is 229 g/mol. The summed E-state index contributed by atoms with van der Waals surface area (Å²) in [7, 11) is 0. The summed E-state index contributed by atoms with van der Waals surface area (Å²) < 4.78 is 5.38. The van der Waals surface area contributed by atoms with E-state index >= 15 is 0 Å². The van der Waals surface area contributed by atoms with Gasteiger partial charge in [0.1, 0.15) is 0 Å². The molecule has 0 aromatic carbocycles. The average Bonchev–Trinajstić information content (AvgIpc) is 2.68. The van der Waals surface area contributed by atoms with Crippen LogP contribution in [0.3, 0.4) is 0 Å². The molecule has 1 rings (SSSR count). The van der Waals surface area contributed by atoms with Gasteiger partial charge in [-0.3, -0.25) is 0 Å². The molecule has 0 aliphatic heterocycles. The third-order valence-electron chi connectivity index (χ3n) is 3.29. The van der Waals surface area contributed by atoms with Gasteiger partial charge in [0.15, 0.2) is 0 Å². The fraction of sp³-hybridized carbons (Fsp3) is 1.00. The molecule has 3 heteroatoms. The lowest BCUT2D eigenvalue weighted by Crippen LogP contribution is -2.36. The predicted octanol–water partition coefficient (Wildman–Crippen LogP) is 1.94. The van der Waals surface area contributed by atoms with Crippen molar-refractivity contribution in [3.05, 3.63) is 0 Å². The molecule has 0 heterocycles. The minimum Gasteiger partial charge on any atom is -0.389 e. The number of rotatable bonds is 8. The normalized spacial score (nSPS) is 27.2. The second-order valence-corrected chi connectivity index (χ2v) is 5.11. The lowest BCUT2D eigenvalue weighted by molar-refractivity contribution is 0.0346. The van der Waals surface area contributed by atoms with Crippen molar-refractivity contribution in [1.82, 2.24) is 5.32 Å². The first-order valence-corrected chi connectivity index (χ1v) is 6.71. The van der Waals surface area contributed by atoms with Crippen LogP contribution in [0.4, 0.5) is 0 Å². The SMILES string of the molecule is CCCCOCC(O)CNC1CCC(C)C1. The fourth-order valence-corrected chi connectivity index (χ4v) is 2.22. The van der Waals surface area contributed by atoms with Gasteiger partial charge in [-0.2, -0.15) is 0 Å². The van der Waals surface area contributed by atoms with Crippen LogP contribution < -0.4 is 5.32 Å². The Balaban J connectivity index is 1.95. The summed E-state index contributed by atoms with van der Waals surface area (Å²) in [5.41, 5.74) is 0. The zero-order valence-corrected chi connectivity index (χ0v) is 10.7. The van der Waals surface area contributed by atoms with E-state index in [4.69, 9.17) is 4.74 Å². The largest absolute Gasteiger partial charge is 0.389 e. The van der Waals surface area contributed by atoms with Crippen molar-refractivity contribution in [1.29, 1.82) is 0 Å². The van der Waals surface area contributed by atoms with Gasteiger partial charge < -0.3 is 15.2 Å². The Morgan fingerprint density at radius 3 is 2.88 bits per heavy atom. The van der Waals surface area contributed by atoms with E-state index < -0.39 is 0 Å². The highest BCUT2D eigenvalue weighted by Crippen LogP contribution is 2.24. The first kappa shape index (κ1) is 13.9. The third kappa shape index (κ3) is 5.83. The maximum Gasteiger partial charge on any atom is 0.0897 e. The van der Waals surface area contributed by atoms with Crippen LogP contribution >= 0.6 is 0 Å². The van der Waals surface area contributed by atoms with Gasteiger partial charge >= 0.3 is 0 Å². The molecular formula is C13H27NO2. The molecule has 0 aromatic rings. The molecule has 0 amide bonds. The second kappa shape index (κ2) is 8.04. The highest BCUT2D eigenvalue weighted by atomic mass is 16.5. The Hall–Kier alpha value is -0.120. The van der Waals surface area contributed by atoms with E-state index in [0.717, 1.165) is 25.4 Å². The van der Waals surface area contributed by atoms with Crippen molar-refractivity contribution in [2.75, 3.05) is 19.8 Å². The molecule has 96 valence electrons. The highest BCUT2D eigenvalue weighted by molar-refractivity contribution is 4.79. The van der Waals surface area contributed by atoms with Crippen molar-refractivity contribution in [2.45, 2.75) is 58.1 Å². The predicted molar refractivity (Wildman–Crippen MR) is 66.5 cm³/mol. The molecule has 1 fully saturated rings. The van der Waals surface area contributed by atoms with E-state index in [2.05, 4.69) is 19.2 Å². The number of aliphatic hydroxyl groups excluding tert-OH is 1. The molecule has 0 aromatic heterocycles. The number of hydrogen-bond acceptors (Lipinski definition) is 3. The smallest absolute Gasteiger partial charge is 0.0897 e. The van der Waals surface area contributed by atoms with E-state index in [1.54, 1.807) is 0 Å². The van der Waals surface area contributed by atoms with Crippen LogP contribution in [-0.2, 0) is 4.74 Å². The van der Waals surface area contributed by atoms with Gasteiger partial charge in [0.05, 0.1) is 12.7 Å². The summed E-state index contributed by atoms with van der Waals surface area (Å²) in [4.78, 5) is 0. The van der Waals surface area contributed by atoms with Gasteiger partial charge in [-0.25, -0.2) is 0 Å². The zero-order valence-electron chi connectivity index (χ0n) is 10.7. The van der Waals surface area contributed by atoms with E-state index in [9.17, 15) is 5.11 Å². The van der Waals surface area contributed by atoms with Gasteiger partial charge in [0, 0.05) is 19.2 Å². The molecular weight excluding hydrogens is 202 g/mol. The van der Waals surface area contributed by atoms with Crippen LogP contribution in [0.2, 0.25) is 0 Å². The summed E-state index contributed by atoms with van der Waals surface area (Å²) in [6, 6.07) is 0.611. The maximum atomic E-state index is 9.69. The lowest BCUT2D eigenvalue weighted by Gasteiger charge is -2.16. The molecule has 0 spiro atoms. The summed E-state index contributed by atoms with van der Waals surface area (Å²) >= 11 is 0. The van der Waals surface area contributed by atoms with Crippen molar-refractivity contribution >= 4 is 0 Å². The quantitative estimate of drug-likeness (QED) is 0.625. The maximum absolute atomic E-state index is 9.69. The fourth-order valence-electron chi connectivity index (χ4n) is 2.22. The topological polar surface area (TPSA) is 41.5 Å². The van der Waals surface area contributed by atoms with Crippen molar-refractivity contribution in [3.63, 3.8) is 0 Å². The van der Waals surface area contributed by atoms with Crippen molar-refractivity contribution in [3.8, 4) is 0 Å².